The third kappa shape index (κ3) is 4.79. The van der Waals surface area contributed by atoms with Gasteiger partial charge in [0.15, 0.2) is 0 Å². The van der Waals surface area contributed by atoms with Crippen molar-refractivity contribution >= 4 is 17.7 Å². The van der Waals surface area contributed by atoms with E-state index in [1.807, 2.05) is 18.2 Å². The summed E-state index contributed by atoms with van der Waals surface area (Å²) < 4.78 is 4.53. The summed E-state index contributed by atoms with van der Waals surface area (Å²) in [7, 11) is 1.36. The highest BCUT2D eigenvalue weighted by Gasteiger charge is 2.26. The van der Waals surface area contributed by atoms with Crippen molar-refractivity contribution < 1.29 is 9.53 Å². The first-order valence-electron chi connectivity index (χ1n) is 5.52. The summed E-state index contributed by atoms with van der Waals surface area (Å²) in [6, 6.07) is 9.52. The third-order valence-electron chi connectivity index (χ3n) is 2.35. The van der Waals surface area contributed by atoms with Gasteiger partial charge in [-0.25, -0.2) is 0 Å². The smallest absolute Gasteiger partial charge is 0.322 e. The van der Waals surface area contributed by atoms with Gasteiger partial charge in [0.05, 0.1) is 7.11 Å². The molecule has 3 nitrogen and oxygen atoms in total. The Morgan fingerprint density at radius 1 is 1.41 bits per heavy atom. The van der Waals surface area contributed by atoms with Crippen LogP contribution >= 0.6 is 11.8 Å². The number of carbonyl (C=O) groups is 1. The van der Waals surface area contributed by atoms with Crippen molar-refractivity contribution in [2.45, 2.75) is 36.0 Å². The lowest BCUT2D eigenvalue weighted by Gasteiger charge is -2.26. The lowest BCUT2D eigenvalue weighted by molar-refractivity contribution is -0.142. The number of carbonyl (C=O) groups excluding carboxylic acids is 1. The molecule has 0 aliphatic rings. The number of ether oxygens (including phenoxy) is 1. The average Bonchev–Trinajstić information content (AvgIpc) is 2.27. The monoisotopic (exact) mass is 253 g/mol. The summed E-state index contributed by atoms with van der Waals surface area (Å²) in [6.07, 6.45) is 0.583. The zero-order valence-electron chi connectivity index (χ0n) is 10.5. The van der Waals surface area contributed by atoms with Crippen molar-refractivity contribution in [2.75, 3.05) is 7.11 Å². The Morgan fingerprint density at radius 3 is 2.53 bits per heavy atom. The molecule has 17 heavy (non-hydrogen) atoms. The summed E-state index contributed by atoms with van der Waals surface area (Å²) in [5.41, 5.74) is 5.78. The Bertz CT molecular complexity index is 365. The molecule has 0 bridgehead atoms. The van der Waals surface area contributed by atoms with Crippen LogP contribution in [-0.4, -0.2) is 23.9 Å². The fourth-order valence-corrected chi connectivity index (χ4v) is 2.81. The molecule has 1 aromatic carbocycles. The lowest BCUT2D eigenvalue weighted by Crippen LogP contribution is -2.37. The summed E-state index contributed by atoms with van der Waals surface area (Å²) in [6.45, 7) is 4.15. The number of benzene rings is 1. The third-order valence-corrected chi connectivity index (χ3v) is 3.58. The fraction of sp³-hybridized carbons (Fsp3) is 0.462. The molecule has 4 heteroatoms. The largest absolute Gasteiger partial charge is 0.468 e. The molecule has 0 saturated carbocycles. The van der Waals surface area contributed by atoms with Gasteiger partial charge in [-0.15, -0.1) is 11.8 Å². The Labute approximate surface area is 107 Å². The van der Waals surface area contributed by atoms with Crippen molar-refractivity contribution in [1.29, 1.82) is 0 Å². The number of methoxy groups -OCH3 is 1. The molecule has 0 amide bonds. The summed E-state index contributed by atoms with van der Waals surface area (Å²) in [4.78, 5) is 12.5. The van der Waals surface area contributed by atoms with Gasteiger partial charge in [0.1, 0.15) is 6.04 Å². The second kappa shape index (κ2) is 6.07. The Hall–Kier alpha value is -1.00. The van der Waals surface area contributed by atoms with Crippen molar-refractivity contribution in [1.82, 2.24) is 0 Å². The van der Waals surface area contributed by atoms with Crippen molar-refractivity contribution in [2.24, 2.45) is 5.73 Å². The van der Waals surface area contributed by atoms with Crippen molar-refractivity contribution in [3.8, 4) is 0 Å². The minimum Gasteiger partial charge on any atom is -0.468 e. The number of nitrogens with two attached hydrogens (primary N) is 1. The summed E-state index contributed by atoms with van der Waals surface area (Å²) >= 11 is 1.71. The van der Waals surface area contributed by atoms with Gasteiger partial charge in [-0.2, -0.15) is 0 Å². The van der Waals surface area contributed by atoms with Crippen molar-refractivity contribution in [3.05, 3.63) is 30.3 Å². The van der Waals surface area contributed by atoms with Gasteiger partial charge in [-0.3, -0.25) is 4.79 Å². The van der Waals surface area contributed by atoms with Crippen LogP contribution in [0.15, 0.2) is 35.2 Å². The van der Waals surface area contributed by atoms with E-state index in [0.717, 1.165) is 0 Å². The topological polar surface area (TPSA) is 52.3 Å². The van der Waals surface area contributed by atoms with Gasteiger partial charge < -0.3 is 10.5 Å². The van der Waals surface area contributed by atoms with Gasteiger partial charge in [-0.05, 0) is 18.6 Å². The maximum atomic E-state index is 11.3. The van der Waals surface area contributed by atoms with Crippen LogP contribution < -0.4 is 5.73 Å². The molecule has 0 aliphatic carbocycles. The van der Waals surface area contributed by atoms with Crippen LogP contribution in [0.4, 0.5) is 0 Å². The number of esters is 1. The quantitative estimate of drug-likeness (QED) is 0.647. The molecule has 1 aromatic rings. The molecule has 0 saturated heterocycles. The molecule has 94 valence electrons. The molecule has 0 unspecified atom stereocenters. The number of thioether (sulfide) groups is 1. The maximum Gasteiger partial charge on any atom is 0.322 e. The maximum absolute atomic E-state index is 11.3. The molecule has 0 aliphatic heterocycles. The second-order valence-electron chi connectivity index (χ2n) is 4.51. The molecule has 1 rings (SSSR count). The van der Waals surface area contributed by atoms with E-state index in [1.165, 1.54) is 12.0 Å². The van der Waals surface area contributed by atoms with E-state index < -0.39 is 6.04 Å². The van der Waals surface area contributed by atoms with Crippen LogP contribution in [0.5, 0.6) is 0 Å². The zero-order valence-corrected chi connectivity index (χ0v) is 11.3. The predicted octanol–water partition coefficient (Wildman–Crippen LogP) is 2.45. The fourth-order valence-electron chi connectivity index (χ4n) is 1.61. The van der Waals surface area contributed by atoms with E-state index >= 15 is 0 Å². The van der Waals surface area contributed by atoms with Gasteiger partial charge in [0, 0.05) is 9.64 Å². The lowest BCUT2D eigenvalue weighted by atomic mass is 10.0. The highest BCUT2D eigenvalue weighted by atomic mass is 32.2. The molecule has 0 radical (unpaired) electrons. The first-order chi connectivity index (χ1) is 7.94. The van der Waals surface area contributed by atoms with Gasteiger partial charge in [0.2, 0.25) is 0 Å². The first kappa shape index (κ1) is 14.1. The standard InChI is InChI=1S/C13H19NO2S/c1-13(2,9-11(14)12(15)16-3)17-10-7-5-4-6-8-10/h4-8,11H,9,14H2,1-3H3/t11-/m0/s1. The molecular weight excluding hydrogens is 234 g/mol. The predicted molar refractivity (Wildman–Crippen MR) is 71.0 cm³/mol. The Balaban J connectivity index is 2.60. The van der Waals surface area contributed by atoms with Crippen molar-refractivity contribution in [3.63, 3.8) is 0 Å². The van der Waals surface area contributed by atoms with Gasteiger partial charge in [-0.1, -0.05) is 32.0 Å². The van der Waals surface area contributed by atoms with Crippen LogP contribution in [0.2, 0.25) is 0 Å². The van der Waals surface area contributed by atoms with E-state index in [2.05, 4.69) is 30.7 Å². The van der Waals surface area contributed by atoms with E-state index in [0.29, 0.717) is 6.42 Å². The van der Waals surface area contributed by atoms with E-state index in [-0.39, 0.29) is 10.7 Å². The second-order valence-corrected chi connectivity index (χ2v) is 6.29. The normalized spacial score (nSPS) is 13.2. The summed E-state index contributed by atoms with van der Waals surface area (Å²) in [5.74, 6) is -0.355. The number of rotatable bonds is 5. The molecular formula is C13H19NO2S. The minimum atomic E-state index is -0.564. The zero-order chi connectivity index (χ0) is 12.9. The highest BCUT2D eigenvalue weighted by Crippen LogP contribution is 2.35. The molecule has 0 aromatic heterocycles. The molecule has 2 N–H and O–H groups in total. The van der Waals surface area contributed by atoms with E-state index in [4.69, 9.17) is 5.73 Å². The highest BCUT2D eigenvalue weighted by molar-refractivity contribution is 8.00. The number of hydrogen-bond donors (Lipinski definition) is 1. The molecule has 0 fully saturated rings. The Kier molecular flexibility index (Phi) is 5.02. The SMILES string of the molecule is COC(=O)[C@@H](N)CC(C)(C)Sc1ccccc1. The Morgan fingerprint density at radius 2 is 2.00 bits per heavy atom. The first-order valence-corrected chi connectivity index (χ1v) is 6.34. The minimum absolute atomic E-state index is 0.102. The van der Waals surface area contributed by atoms with Crippen LogP contribution in [0, 0.1) is 0 Å². The van der Waals surface area contributed by atoms with Crippen LogP contribution in [-0.2, 0) is 9.53 Å². The van der Waals surface area contributed by atoms with Gasteiger partial charge in [0.25, 0.3) is 0 Å². The number of hydrogen-bond acceptors (Lipinski definition) is 4. The van der Waals surface area contributed by atoms with Gasteiger partial charge >= 0.3 is 5.97 Å². The van der Waals surface area contributed by atoms with Crippen LogP contribution in [0.1, 0.15) is 20.3 Å². The van der Waals surface area contributed by atoms with E-state index in [9.17, 15) is 4.79 Å². The van der Waals surface area contributed by atoms with Crippen LogP contribution in [0.3, 0.4) is 0 Å². The van der Waals surface area contributed by atoms with Crippen LogP contribution in [0.25, 0.3) is 0 Å². The molecule has 1 atom stereocenters. The molecule has 0 heterocycles. The van der Waals surface area contributed by atoms with E-state index in [1.54, 1.807) is 11.8 Å². The average molecular weight is 253 g/mol. The summed E-state index contributed by atoms with van der Waals surface area (Å²) in [5, 5.41) is 0. The molecule has 0 spiro atoms.